The topological polar surface area (TPSA) is 0 Å². The summed E-state index contributed by atoms with van der Waals surface area (Å²) in [6.45, 7) is 10.1. The molecule has 0 bridgehead atoms. The average molecular weight is 204 g/mol. The number of rotatable bonds is 2. The van der Waals surface area contributed by atoms with Crippen molar-refractivity contribution in [1.82, 2.24) is 0 Å². The predicted molar refractivity (Wildman–Crippen MR) is 67.7 cm³/mol. The van der Waals surface area contributed by atoms with Crippen LogP contribution in [0.3, 0.4) is 0 Å². The van der Waals surface area contributed by atoms with Crippen molar-refractivity contribution in [1.29, 1.82) is 0 Å². The molecule has 0 saturated carbocycles. The molecule has 0 amide bonds. The quantitative estimate of drug-likeness (QED) is 0.543. The molecule has 0 spiro atoms. The Bertz CT molecular complexity index is 386. The number of thiol groups is 1. The molecule has 1 rings (SSSR count). The van der Waals surface area contributed by atoms with Crippen molar-refractivity contribution in [2.45, 2.75) is 20.8 Å². The van der Waals surface area contributed by atoms with Crippen molar-refractivity contribution in [2.75, 3.05) is 0 Å². The van der Waals surface area contributed by atoms with Crippen LogP contribution in [0.4, 0.5) is 0 Å². The van der Waals surface area contributed by atoms with E-state index in [1.807, 2.05) is 6.92 Å². The highest BCUT2D eigenvalue weighted by molar-refractivity contribution is 7.85. The number of benzene rings is 1. The average Bonchev–Trinajstić information content (AvgIpc) is 2.13. The molecule has 0 aromatic heterocycles. The number of hydrogen-bond donors (Lipinski definition) is 1. The lowest BCUT2D eigenvalue weighted by atomic mass is 9.97. The van der Waals surface area contributed by atoms with Crippen LogP contribution in [-0.2, 0) is 0 Å². The largest absolute Gasteiger partial charge is 0.143 e. The fraction of sp³-hybridized carbons (Fsp3) is 0.231. The summed E-state index contributed by atoms with van der Waals surface area (Å²) in [6, 6.07) is 6.30. The Morgan fingerprint density at radius 3 is 2.50 bits per heavy atom. The zero-order chi connectivity index (χ0) is 10.7. The van der Waals surface area contributed by atoms with Crippen LogP contribution >= 0.6 is 12.6 Å². The third kappa shape index (κ3) is 2.10. The maximum Gasteiger partial charge on any atom is 0.00433 e. The minimum absolute atomic E-state index is 0.821. The summed E-state index contributed by atoms with van der Waals surface area (Å²) in [4.78, 5) is 0.821. The van der Waals surface area contributed by atoms with Crippen LogP contribution in [0.5, 0.6) is 0 Å². The lowest BCUT2D eigenvalue weighted by Crippen LogP contribution is -1.91. The van der Waals surface area contributed by atoms with Gasteiger partial charge in [-0.3, -0.25) is 0 Å². The highest BCUT2D eigenvalue weighted by atomic mass is 32.1. The molecule has 0 aliphatic carbocycles. The van der Waals surface area contributed by atoms with Gasteiger partial charge in [0.25, 0.3) is 0 Å². The Hall–Kier alpha value is -0.950. The summed E-state index contributed by atoms with van der Waals surface area (Å²) < 4.78 is 0. The second-order valence-electron chi connectivity index (χ2n) is 3.40. The van der Waals surface area contributed by atoms with Crippen LogP contribution in [0.15, 0.2) is 35.8 Å². The van der Waals surface area contributed by atoms with Gasteiger partial charge in [0.05, 0.1) is 0 Å². The van der Waals surface area contributed by atoms with Gasteiger partial charge in [0, 0.05) is 4.91 Å². The minimum Gasteiger partial charge on any atom is -0.143 e. The summed E-state index contributed by atoms with van der Waals surface area (Å²) in [5.74, 6) is 0. The van der Waals surface area contributed by atoms with Crippen molar-refractivity contribution in [3.63, 3.8) is 0 Å². The molecule has 0 aliphatic heterocycles. The summed E-state index contributed by atoms with van der Waals surface area (Å²) in [7, 11) is 0. The van der Waals surface area contributed by atoms with Crippen molar-refractivity contribution >= 4 is 18.2 Å². The summed E-state index contributed by atoms with van der Waals surface area (Å²) in [5.41, 5.74) is 4.95. The molecule has 0 N–H and O–H groups in total. The van der Waals surface area contributed by atoms with Gasteiger partial charge in [0.15, 0.2) is 0 Å². The third-order valence-electron chi connectivity index (χ3n) is 2.49. The standard InChI is InChI=1S/C13H16S/c1-5-12(11(4)14)13-8-6-7-9(2)10(13)3/h5-8,14H,4H2,1-3H3/b12-5-. The van der Waals surface area contributed by atoms with Gasteiger partial charge in [-0.25, -0.2) is 0 Å². The maximum atomic E-state index is 4.30. The van der Waals surface area contributed by atoms with E-state index in [4.69, 9.17) is 0 Å². The van der Waals surface area contributed by atoms with Crippen molar-refractivity contribution < 1.29 is 0 Å². The second kappa shape index (κ2) is 4.52. The van der Waals surface area contributed by atoms with E-state index in [-0.39, 0.29) is 0 Å². The third-order valence-corrected chi connectivity index (χ3v) is 2.74. The molecule has 1 aromatic rings. The second-order valence-corrected chi connectivity index (χ2v) is 3.94. The molecule has 0 atom stereocenters. The zero-order valence-electron chi connectivity index (χ0n) is 8.96. The molecule has 14 heavy (non-hydrogen) atoms. The van der Waals surface area contributed by atoms with E-state index in [0.29, 0.717) is 0 Å². The highest BCUT2D eigenvalue weighted by Gasteiger charge is 2.06. The van der Waals surface area contributed by atoms with Gasteiger partial charge in [0.1, 0.15) is 0 Å². The molecule has 0 heterocycles. The molecule has 74 valence electrons. The summed E-state index contributed by atoms with van der Waals surface area (Å²) >= 11 is 4.30. The van der Waals surface area contributed by atoms with Gasteiger partial charge in [-0.15, -0.1) is 12.6 Å². The van der Waals surface area contributed by atoms with Crippen molar-refractivity contribution in [3.05, 3.63) is 52.4 Å². The van der Waals surface area contributed by atoms with Crippen LogP contribution in [0.2, 0.25) is 0 Å². The van der Waals surface area contributed by atoms with Gasteiger partial charge in [-0.1, -0.05) is 30.9 Å². The first-order chi connectivity index (χ1) is 6.57. The van der Waals surface area contributed by atoms with Gasteiger partial charge >= 0.3 is 0 Å². The first-order valence-electron chi connectivity index (χ1n) is 4.69. The van der Waals surface area contributed by atoms with Gasteiger partial charge in [-0.2, -0.15) is 0 Å². The maximum absolute atomic E-state index is 4.30. The Morgan fingerprint density at radius 2 is 2.00 bits per heavy atom. The first kappa shape index (κ1) is 11.1. The van der Waals surface area contributed by atoms with E-state index in [2.05, 4.69) is 57.3 Å². The summed E-state index contributed by atoms with van der Waals surface area (Å²) in [5, 5.41) is 0. The molecule has 0 saturated heterocycles. The van der Waals surface area contributed by atoms with E-state index in [0.717, 1.165) is 10.5 Å². The molecule has 0 radical (unpaired) electrons. The monoisotopic (exact) mass is 204 g/mol. The van der Waals surface area contributed by atoms with Gasteiger partial charge < -0.3 is 0 Å². The zero-order valence-corrected chi connectivity index (χ0v) is 9.86. The lowest BCUT2D eigenvalue weighted by Gasteiger charge is -2.11. The highest BCUT2D eigenvalue weighted by Crippen LogP contribution is 2.28. The number of hydrogen-bond acceptors (Lipinski definition) is 1. The molecule has 0 nitrogen and oxygen atoms in total. The number of allylic oxidation sites excluding steroid dienone is 2. The van der Waals surface area contributed by atoms with E-state index >= 15 is 0 Å². The molecule has 1 heteroatoms. The van der Waals surface area contributed by atoms with E-state index in [1.165, 1.54) is 16.7 Å². The van der Waals surface area contributed by atoms with Crippen molar-refractivity contribution in [2.24, 2.45) is 0 Å². The normalized spacial score (nSPS) is 11.6. The van der Waals surface area contributed by atoms with E-state index in [9.17, 15) is 0 Å². The van der Waals surface area contributed by atoms with E-state index in [1.54, 1.807) is 0 Å². The summed E-state index contributed by atoms with van der Waals surface area (Å²) in [6.07, 6.45) is 2.05. The first-order valence-corrected chi connectivity index (χ1v) is 5.13. The van der Waals surface area contributed by atoms with Crippen LogP contribution in [0.1, 0.15) is 23.6 Å². The van der Waals surface area contributed by atoms with Crippen LogP contribution in [0.25, 0.3) is 5.57 Å². The van der Waals surface area contributed by atoms with Crippen molar-refractivity contribution in [3.8, 4) is 0 Å². The van der Waals surface area contributed by atoms with Crippen LogP contribution < -0.4 is 0 Å². The fourth-order valence-corrected chi connectivity index (χ4v) is 1.77. The van der Waals surface area contributed by atoms with Crippen LogP contribution in [-0.4, -0.2) is 0 Å². The Kier molecular flexibility index (Phi) is 3.59. The SMILES string of the molecule is C=C(S)/C(=C/C)c1cccc(C)c1C. The molecular formula is C13H16S. The fourth-order valence-electron chi connectivity index (χ4n) is 1.52. The lowest BCUT2D eigenvalue weighted by molar-refractivity contribution is 1.31. The minimum atomic E-state index is 0.821. The molecule has 1 aromatic carbocycles. The smallest absolute Gasteiger partial charge is 0.00433 e. The Balaban J connectivity index is 3.32. The van der Waals surface area contributed by atoms with Gasteiger partial charge in [0.2, 0.25) is 0 Å². The predicted octanol–water partition coefficient (Wildman–Crippen LogP) is 4.15. The molecular weight excluding hydrogens is 188 g/mol. The molecule has 0 fully saturated rings. The molecule has 0 aliphatic rings. The van der Waals surface area contributed by atoms with E-state index < -0.39 is 0 Å². The molecule has 0 unspecified atom stereocenters. The van der Waals surface area contributed by atoms with Crippen LogP contribution in [0, 0.1) is 13.8 Å². The Morgan fingerprint density at radius 1 is 1.36 bits per heavy atom. The number of aryl methyl sites for hydroxylation is 1. The Labute approximate surface area is 91.8 Å². The van der Waals surface area contributed by atoms with Gasteiger partial charge in [-0.05, 0) is 43.0 Å².